The Hall–Kier alpha value is -1.72. The van der Waals surface area contributed by atoms with E-state index in [4.69, 9.17) is 5.11 Å². The van der Waals surface area contributed by atoms with Crippen molar-refractivity contribution in [2.45, 2.75) is 58.5 Å². The van der Waals surface area contributed by atoms with Crippen LogP contribution in [-0.4, -0.2) is 69.5 Å². The van der Waals surface area contributed by atoms with Crippen molar-refractivity contribution in [2.24, 2.45) is 0 Å². The number of carboxylic acids is 1. The van der Waals surface area contributed by atoms with Gasteiger partial charge in [-0.15, -0.1) is 0 Å². The summed E-state index contributed by atoms with van der Waals surface area (Å²) in [7, 11) is 0. The first-order valence-electron chi connectivity index (χ1n) is 6.64. The second-order valence-electron chi connectivity index (χ2n) is 6.30. The molecule has 30 heavy (non-hydrogen) atoms. The lowest BCUT2D eigenvalue weighted by Gasteiger charge is -2.63. The normalized spacial score (nSPS) is 44.0. The van der Waals surface area contributed by atoms with Crippen LogP contribution in [0.5, 0.6) is 0 Å². The van der Waals surface area contributed by atoms with Crippen molar-refractivity contribution in [3.8, 4) is 0 Å². The Kier molecular flexibility index (Phi) is 4.11. The predicted octanol–water partition coefficient (Wildman–Crippen LogP) is 4.67. The van der Waals surface area contributed by atoms with Crippen LogP contribution >= 0.6 is 0 Å². The minimum Gasteiger partial charge on any atom is -0.479 e. The van der Waals surface area contributed by atoms with E-state index in [1.807, 2.05) is 0 Å². The quantitative estimate of drug-likeness (QED) is 0.546. The van der Waals surface area contributed by atoms with Crippen LogP contribution in [-0.2, 0) is 4.79 Å². The average Bonchev–Trinajstić information content (AvgIpc) is 2.55. The van der Waals surface area contributed by atoms with Crippen LogP contribution in [0.2, 0.25) is 0 Å². The second-order valence-corrected chi connectivity index (χ2v) is 6.30. The molecule has 2 saturated carbocycles. The Morgan fingerprint density at radius 1 is 0.400 bits per heavy atom. The van der Waals surface area contributed by atoms with E-state index in [0.29, 0.717) is 0 Å². The number of fused-ring (bicyclic) bond motifs is 1. The minimum atomic E-state index is -8.68. The number of carbonyl (C=O) groups is 1. The first kappa shape index (κ1) is 24.5. The molecule has 0 spiro atoms. The number of hydrogen-bond donors (Lipinski definition) is 1. The fraction of sp³-hybridized carbons (Fsp3) is 0.909. The van der Waals surface area contributed by atoms with Crippen molar-refractivity contribution in [3.63, 3.8) is 0 Å². The Morgan fingerprint density at radius 2 is 0.633 bits per heavy atom. The molecule has 1 N–H and O–H groups in total. The van der Waals surface area contributed by atoms with Gasteiger partial charge in [-0.2, -0.15) is 61.5 Å². The lowest BCUT2D eigenvalue weighted by Crippen LogP contribution is -2.99. The highest BCUT2D eigenvalue weighted by atomic mass is 19.4. The topological polar surface area (TPSA) is 37.3 Å². The van der Waals surface area contributed by atoms with Gasteiger partial charge in [0.1, 0.15) is 0 Å². The summed E-state index contributed by atoms with van der Waals surface area (Å²) in [5, 5.41) is 8.10. The molecule has 0 bridgehead atoms. The number of hydrogen-bond acceptors (Lipinski definition) is 1. The lowest BCUT2D eigenvalue weighted by atomic mass is 9.52. The summed E-state index contributed by atoms with van der Waals surface area (Å²) in [5.74, 6) is -63.4. The highest BCUT2D eigenvalue weighted by Crippen LogP contribution is 2.80. The molecule has 2 aliphatic carbocycles. The number of halogens is 17. The molecule has 3 atom stereocenters. The number of alkyl halides is 17. The minimum absolute atomic E-state index is 4.73. The zero-order valence-electron chi connectivity index (χ0n) is 12.8. The molecule has 0 saturated heterocycles. The molecule has 0 radical (unpaired) electrons. The Morgan fingerprint density at radius 3 is 0.900 bits per heavy atom. The van der Waals surface area contributed by atoms with Gasteiger partial charge in [0.2, 0.25) is 0 Å². The van der Waals surface area contributed by atoms with Crippen molar-refractivity contribution < 1.29 is 84.5 Å². The maximum Gasteiger partial charge on any atom is 0.382 e. The summed E-state index contributed by atoms with van der Waals surface area (Å²) in [6.07, 6.45) is 0. The Bertz CT molecular complexity index is 804. The van der Waals surface area contributed by atoms with Gasteiger partial charge in [-0.1, -0.05) is 0 Å². The predicted molar refractivity (Wildman–Crippen MR) is 53.8 cm³/mol. The SMILES string of the molecule is O=C(O)[C@]1(F)C(F)(F)C(F)(F)[C@@]2(F)C(F)(F)C(F)(F)C(F)(F)C(F)(F)[C@@]2(F)C1(F)F. The van der Waals surface area contributed by atoms with Crippen LogP contribution in [0.15, 0.2) is 0 Å². The van der Waals surface area contributed by atoms with Crippen LogP contribution in [0, 0.1) is 0 Å². The van der Waals surface area contributed by atoms with Gasteiger partial charge < -0.3 is 5.11 Å². The zero-order chi connectivity index (χ0) is 24.6. The summed E-state index contributed by atoms with van der Waals surface area (Å²) in [4.78, 5) is 10.5. The molecule has 176 valence electrons. The molecule has 2 fully saturated rings. The average molecular weight is 488 g/mol. The molecular weight excluding hydrogens is 487 g/mol. The first-order chi connectivity index (χ1) is 12.7. The molecule has 0 aromatic heterocycles. The van der Waals surface area contributed by atoms with Gasteiger partial charge in [0.05, 0.1) is 0 Å². The van der Waals surface area contributed by atoms with E-state index >= 15 is 0 Å². The van der Waals surface area contributed by atoms with Crippen molar-refractivity contribution in [1.82, 2.24) is 0 Å². The van der Waals surface area contributed by atoms with Gasteiger partial charge >= 0.3 is 53.1 Å². The first-order valence-corrected chi connectivity index (χ1v) is 6.64. The molecule has 0 heterocycles. The van der Waals surface area contributed by atoms with Crippen molar-refractivity contribution in [1.29, 1.82) is 0 Å². The van der Waals surface area contributed by atoms with Gasteiger partial charge in [0.15, 0.2) is 0 Å². The van der Waals surface area contributed by atoms with Crippen LogP contribution in [0.1, 0.15) is 0 Å². The number of rotatable bonds is 1. The van der Waals surface area contributed by atoms with Gasteiger partial charge in [-0.05, 0) is 0 Å². The summed E-state index contributed by atoms with van der Waals surface area (Å²) in [6, 6.07) is 0. The number of aliphatic carboxylic acids is 1. The van der Waals surface area contributed by atoms with Gasteiger partial charge in [0.25, 0.3) is 11.3 Å². The highest BCUT2D eigenvalue weighted by molar-refractivity contribution is 5.82. The number of carboxylic acid groups (broad SMARTS) is 1. The van der Waals surface area contributed by atoms with E-state index in [-0.39, 0.29) is 0 Å². The van der Waals surface area contributed by atoms with E-state index in [1.54, 1.807) is 0 Å². The van der Waals surface area contributed by atoms with Gasteiger partial charge in [0, 0.05) is 0 Å². The highest BCUT2D eigenvalue weighted by Gasteiger charge is 3.15. The molecule has 2 nitrogen and oxygen atoms in total. The maximum atomic E-state index is 14.5. The molecule has 19 heteroatoms. The van der Waals surface area contributed by atoms with E-state index in [9.17, 15) is 79.4 Å². The van der Waals surface area contributed by atoms with Crippen LogP contribution in [0.3, 0.4) is 0 Å². The Labute approximate surface area is 150 Å². The summed E-state index contributed by atoms with van der Waals surface area (Å²) < 4.78 is 233. The second kappa shape index (κ2) is 5.02. The molecule has 0 unspecified atom stereocenters. The van der Waals surface area contributed by atoms with E-state index in [0.717, 1.165) is 0 Å². The van der Waals surface area contributed by atoms with E-state index in [1.165, 1.54) is 0 Å². The van der Waals surface area contributed by atoms with Crippen LogP contribution in [0.25, 0.3) is 0 Å². The molecule has 0 aromatic rings. The van der Waals surface area contributed by atoms with E-state index in [2.05, 4.69) is 0 Å². The van der Waals surface area contributed by atoms with Crippen molar-refractivity contribution in [3.05, 3.63) is 0 Å². The summed E-state index contributed by atoms with van der Waals surface area (Å²) >= 11 is 0. The van der Waals surface area contributed by atoms with Gasteiger partial charge in [-0.3, -0.25) is 0 Å². The zero-order valence-corrected chi connectivity index (χ0v) is 12.8. The largest absolute Gasteiger partial charge is 0.479 e. The third-order valence-corrected chi connectivity index (χ3v) is 4.94. The Balaban J connectivity index is 3.29. The fourth-order valence-electron chi connectivity index (χ4n) is 3.22. The van der Waals surface area contributed by atoms with Crippen LogP contribution in [0.4, 0.5) is 74.6 Å². The molecular formula is C11HF17O2. The van der Waals surface area contributed by atoms with Crippen molar-refractivity contribution >= 4 is 5.97 Å². The third-order valence-electron chi connectivity index (χ3n) is 4.94. The van der Waals surface area contributed by atoms with E-state index < -0.39 is 64.4 Å². The lowest BCUT2D eigenvalue weighted by molar-refractivity contribution is -0.546. The molecule has 2 rings (SSSR count). The summed E-state index contributed by atoms with van der Waals surface area (Å²) in [5.41, 5.74) is -25.2. The van der Waals surface area contributed by atoms with Gasteiger partial charge in [-0.25, -0.2) is 18.0 Å². The molecule has 0 aromatic carbocycles. The molecule has 2 aliphatic rings. The molecule has 0 amide bonds. The van der Waals surface area contributed by atoms with Crippen LogP contribution < -0.4 is 0 Å². The smallest absolute Gasteiger partial charge is 0.382 e. The summed E-state index contributed by atoms with van der Waals surface area (Å²) in [6.45, 7) is 0. The third kappa shape index (κ3) is 1.57. The maximum absolute atomic E-state index is 14.5. The standard InChI is InChI=1S/C11HF17O2/c12-2(1(29)30)5(15,16)3(13)4(14,7(19,20)6(2,17)18)9(23,24)11(27,28)10(25,26)8(3,21)22/h(H,29,30)/t2-,3+,4-/m1/s1. The monoisotopic (exact) mass is 488 g/mol. The van der Waals surface area contributed by atoms with Crippen molar-refractivity contribution in [2.75, 3.05) is 0 Å². The fourth-order valence-corrected chi connectivity index (χ4v) is 3.22. The molecule has 0 aliphatic heterocycles.